The SMILES string of the molecule is CN1CCN(CCNC(=O)O[C@H]2CC[C@]3(C)[C@H]4CC[C@]5(C)[C@@H](c6ccc(=O)oc6)CC[C@]5(O)[C@@H]4CC[C@]3(O)C2)C(=O)C1. The second kappa shape index (κ2) is 10.6. The van der Waals surface area contributed by atoms with Gasteiger partial charge in [0, 0.05) is 44.1 Å². The minimum absolute atomic E-state index is 0.0672. The van der Waals surface area contributed by atoms with Gasteiger partial charge in [0.25, 0.3) is 0 Å². The third-order valence-corrected chi connectivity index (χ3v) is 12.5. The Labute approximate surface area is 247 Å². The zero-order chi connectivity index (χ0) is 29.9. The Bertz CT molecular complexity index is 1250. The highest BCUT2D eigenvalue weighted by atomic mass is 16.6. The molecule has 1 aromatic heterocycles. The van der Waals surface area contributed by atoms with E-state index in [1.807, 2.05) is 18.0 Å². The molecule has 6 rings (SSSR count). The lowest BCUT2D eigenvalue weighted by molar-refractivity contribution is -0.253. The molecule has 0 spiro atoms. The summed E-state index contributed by atoms with van der Waals surface area (Å²) in [5, 5.41) is 27.4. The molecule has 4 saturated carbocycles. The number of piperazine rings is 1. The van der Waals surface area contributed by atoms with Gasteiger partial charge in [-0.05, 0) is 93.2 Å². The average molecular weight is 586 g/mol. The Morgan fingerprint density at radius 2 is 1.79 bits per heavy atom. The van der Waals surface area contributed by atoms with E-state index >= 15 is 0 Å². The molecule has 5 aliphatic rings. The van der Waals surface area contributed by atoms with Gasteiger partial charge in [0.05, 0.1) is 24.0 Å². The van der Waals surface area contributed by atoms with Crippen LogP contribution in [0, 0.1) is 22.7 Å². The van der Waals surface area contributed by atoms with Crippen LogP contribution in [0.25, 0.3) is 0 Å². The van der Waals surface area contributed by atoms with Gasteiger partial charge in [-0.3, -0.25) is 9.69 Å². The summed E-state index contributed by atoms with van der Waals surface area (Å²) in [4.78, 5) is 40.1. The van der Waals surface area contributed by atoms with Crippen LogP contribution in [0.1, 0.15) is 83.1 Å². The molecular weight excluding hydrogens is 538 g/mol. The first-order valence-electron chi connectivity index (χ1n) is 15.8. The maximum Gasteiger partial charge on any atom is 0.407 e. The van der Waals surface area contributed by atoms with Gasteiger partial charge >= 0.3 is 11.7 Å². The Balaban J connectivity index is 1.08. The molecule has 2 amide bonds. The standard InChI is InChI=1S/C32H47N3O7/c1-29-10-6-22(42-28(38)33-14-15-35-17-16-34(3)19-26(35)36)18-31(29,39)12-8-25-24(29)7-11-30(2)23(9-13-32(25,30)40)21-4-5-27(37)41-20-21/h4-5,20,22-25,39-40H,6-19H2,1-3H3,(H,33,38)/t22-,23+,24-,25+,29+,30+,31-,32-/m0/s1. The number of likely N-dealkylation sites (N-methyl/N-ethyl adjacent to an activating group) is 1. The molecule has 3 N–H and O–H groups in total. The number of amides is 2. The highest BCUT2D eigenvalue weighted by molar-refractivity contribution is 5.79. The Morgan fingerprint density at radius 1 is 1.02 bits per heavy atom. The highest BCUT2D eigenvalue weighted by Gasteiger charge is 2.70. The van der Waals surface area contributed by atoms with Crippen molar-refractivity contribution in [2.45, 2.75) is 94.9 Å². The molecular formula is C32H47N3O7. The van der Waals surface area contributed by atoms with Crippen molar-refractivity contribution < 1.29 is 29.0 Å². The van der Waals surface area contributed by atoms with Gasteiger partial charge in [0.15, 0.2) is 0 Å². The lowest BCUT2D eigenvalue weighted by atomic mass is 9.42. The number of ether oxygens (including phenoxy) is 1. The molecule has 1 aliphatic heterocycles. The molecule has 5 fully saturated rings. The third kappa shape index (κ3) is 4.68. The van der Waals surface area contributed by atoms with Crippen LogP contribution in [-0.2, 0) is 9.53 Å². The van der Waals surface area contributed by atoms with E-state index in [0.29, 0.717) is 51.9 Å². The molecule has 1 saturated heterocycles. The van der Waals surface area contributed by atoms with Crippen molar-refractivity contribution in [3.05, 3.63) is 34.4 Å². The molecule has 10 heteroatoms. The maximum atomic E-state index is 12.6. The number of alkyl carbamates (subject to hydrolysis) is 1. The van der Waals surface area contributed by atoms with Crippen molar-refractivity contribution in [3.8, 4) is 0 Å². The van der Waals surface area contributed by atoms with Gasteiger partial charge in [-0.15, -0.1) is 0 Å². The largest absolute Gasteiger partial charge is 0.446 e. The van der Waals surface area contributed by atoms with Crippen LogP contribution >= 0.6 is 0 Å². The van der Waals surface area contributed by atoms with Crippen LogP contribution in [0.5, 0.6) is 0 Å². The second-order valence-corrected chi connectivity index (χ2v) is 14.4. The first-order chi connectivity index (χ1) is 19.9. The molecule has 1 aromatic rings. The number of carbonyl (C=O) groups is 2. The first-order valence-corrected chi connectivity index (χ1v) is 15.8. The summed E-state index contributed by atoms with van der Waals surface area (Å²) in [5.41, 5.74) is -1.89. The molecule has 10 nitrogen and oxygen atoms in total. The van der Waals surface area contributed by atoms with Crippen molar-refractivity contribution in [1.29, 1.82) is 0 Å². The fraction of sp³-hybridized carbons (Fsp3) is 0.781. The van der Waals surface area contributed by atoms with Crippen LogP contribution in [0.4, 0.5) is 4.79 Å². The average Bonchev–Trinajstić information content (AvgIpc) is 3.22. The number of aliphatic hydroxyl groups is 2. The molecule has 4 aliphatic carbocycles. The van der Waals surface area contributed by atoms with Crippen LogP contribution in [0.2, 0.25) is 0 Å². The summed E-state index contributed by atoms with van der Waals surface area (Å²) in [6.45, 7) is 7.06. The molecule has 0 unspecified atom stereocenters. The van der Waals surface area contributed by atoms with Crippen molar-refractivity contribution in [1.82, 2.24) is 15.1 Å². The highest BCUT2D eigenvalue weighted by Crippen LogP contribution is 2.71. The van der Waals surface area contributed by atoms with E-state index in [4.69, 9.17) is 9.15 Å². The molecule has 8 atom stereocenters. The van der Waals surface area contributed by atoms with Crippen LogP contribution in [-0.4, -0.2) is 89.1 Å². The van der Waals surface area contributed by atoms with Crippen molar-refractivity contribution in [3.63, 3.8) is 0 Å². The molecule has 42 heavy (non-hydrogen) atoms. The minimum Gasteiger partial charge on any atom is -0.446 e. The summed E-state index contributed by atoms with van der Waals surface area (Å²) >= 11 is 0. The molecule has 232 valence electrons. The van der Waals surface area contributed by atoms with E-state index in [9.17, 15) is 24.6 Å². The summed E-state index contributed by atoms with van der Waals surface area (Å²) in [6.07, 6.45) is 7.13. The number of hydrogen-bond acceptors (Lipinski definition) is 8. The first kappa shape index (κ1) is 29.6. The predicted octanol–water partition coefficient (Wildman–Crippen LogP) is 2.86. The van der Waals surface area contributed by atoms with Crippen molar-refractivity contribution >= 4 is 12.0 Å². The minimum atomic E-state index is -0.964. The molecule has 0 bridgehead atoms. The van der Waals surface area contributed by atoms with E-state index < -0.39 is 17.3 Å². The van der Waals surface area contributed by atoms with Gasteiger partial charge in [-0.2, -0.15) is 0 Å². The van der Waals surface area contributed by atoms with E-state index in [2.05, 4.69) is 19.2 Å². The van der Waals surface area contributed by atoms with E-state index in [1.165, 1.54) is 6.07 Å². The molecule has 0 radical (unpaired) electrons. The van der Waals surface area contributed by atoms with Crippen LogP contribution in [0.3, 0.4) is 0 Å². The van der Waals surface area contributed by atoms with Gasteiger partial charge < -0.3 is 29.6 Å². The lowest BCUT2D eigenvalue weighted by Gasteiger charge is -2.66. The topological polar surface area (TPSA) is 133 Å². The Kier molecular flexibility index (Phi) is 7.50. The van der Waals surface area contributed by atoms with E-state index in [1.54, 1.807) is 11.2 Å². The monoisotopic (exact) mass is 585 g/mol. The number of fused-ring (bicyclic) bond motifs is 5. The van der Waals surface area contributed by atoms with Crippen molar-refractivity contribution in [2.75, 3.05) is 39.8 Å². The summed E-state index contributed by atoms with van der Waals surface area (Å²) < 4.78 is 11.0. The third-order valence-electron chi connectivity index (χ3n) is 12.5. The molecule has 2 heterocycles. The van der Waals surface area contributed by atoms with Gasteiger partial charge in [-0.1, -0.05) is 13.8 Å². The molecule has 0 aromatic carbocycles. The van der Waals surface area contributed by atoms with E-state index in [-0.39, 0.29) is 46.2 Å². The Morgan fingerprint density at radius 3 is 2.52 bits per heavy atom. The fourth-order valence-electron chi connectivity index (χ4n) is 9.93. The smallest absolute Gasteiger partial charge is 0.407 e. The number of rotatable bonds is 5. The van der Waals surface area contributed by atoms with Gasteiger partial charge in [0.1, 0.15) is 6.10 Å². The second-order valence-electron chi connectivity index (χ2n) is 14.4. The lowest BCUT2D eigenvalue weighted by Crippen LogP contribution is -2.67. The van der Waals surface area contributed by atoms with Gasteiger partial charge in [-0.25, -0.2) is 9.59 Å². The predicted molar refractivity (Wildman–Crippen MR) is 155 cm³/mol. The summed E-state index contributed by atoms with van der Waals surface area (Å²) in [5.74, 6) is 0.453. The van der Waals surface area contributed by atoms with E-state index in [0.717, 1.165) is 44.2 Å². The zero-order valence-corrected chi connectivity index (χ0v) is 25.3. The number of carbonyl (C=O) groups excluding carboxylic acids is 2. The summed E-state index contributed by atoms with van der Waals surface area (Å²) in [7, 11) is 1.92. The number of nitrogens with one attached hydrogen (secondary N) is 1. The maximum absolute atomic E-state index is 12.6. The Hall–Kier alpha value is -2.43. The fourth-order valence-corrected chi connectivity index (χ4v) is 9.93. The van der Waals surface area contributed by atoms with Crippen molar-refractivity contribution in [2.24, 2.45) is 22.7 Å². The van der Waals surface area contributed by atoms with Crippen LogP contribution in [0.15, 0.2) is 27.6 Å². The quantitative estimate of drug-likeness (QED) is 0.481. The zero-order valence-electron chi connectivity index (χ0n) is 25.3. The normalized spacial score (nSPS) is 41.9. The number of hydrogen-bond donors (Lipinski definition) is 3. The van der Waals surface area contributed by atoms with Crippen LogP contribution < -0.4 is 10.9 Å². The van der Waals surface area contributed by atoms with Gasteiger partial charge in [0.2, 0.25) is 5.91 Å². The summed E-state index contributed by atoms with van der Waals surface area (Å²) in [6, 6.07) is 3.32. The number of nitrogens with zero attached hydrogens (tertiary/aromatic N) is 2.